The van der Waals surface area contributed by atoms with Gasteiger partial charge in [-0.3, -0.25) is 4.21 Å². The fraction of sp³-hybridized carbons (Fsp3) is 0.0769. The Morgan fingerprint density at radius 1 is 1.17 bits per heavy atom. The van der Waals surface area contributed by atoms with Gasteiger partial charge in [0.05, 0.1) is 26.5 Å². The Labute approximate surface area is 112 Å². The number of nitrogens with two attached hydrogens (primary N) is 1. The number of anilines is 1. The van der Waals surface area contributed by atoms with E-state index in [9.17, 15) is 8.60 Å². The lowest BCUT2D eigenvalue weighted by Gasteiger charge is -2.08. The SMILES string of the molecule is Nc1cccc(Cl)c1S(=O)Cc1ccccc1F. The quantitative estimate of drug-likeness (QED) is 0.878. The minimum Gasteiger partial charge on any atom is -0.398 e. The highest BCUT2D eigenvalue weighted by atomic mass is 35.5. The van der Waals surface area contributed by atoms with Crippen LogP contribution in [0.1, 0.15) is 5.56 Å². The van der Waals surface area contributed by atoms with Crippen LogP contribution in [0.2, 0.25) is 5.02 Å². The first kappa shape index (κ1) is 13.1. The van der Waals surface area contributed by atoms with Crippen LogP contribution in [0.3, 0.4) is 0 Å². The molecule has 0 heterocycles. The smallest absolute Gasteiger partial charge is 0.127 e. The van der Waals surface area contributed by atoms with E-state index in [-0.39, 0.29) is 11.6 Å². The summed E-state index contributed by atoms with van der Waals surface area (Å²) in [6.07, 6.45) is 0. The second kappa shape index (κ2) is 5.50. The zero-order valence-corrected chi connectivity index (χ0v) is 11.0. The van der Waals surface area contributed by atoms with Crippen LogP contribution in [0, 0.1) is 5.82 Å². The van der Waals surface area contributed by atoms with Gasteiger partial charge in [-0.15, -0.1) is 0 Å². The van der Waals surface area contributed by atoms with Crippen LogP contribution in [-0.4, -0.2) is 4.21 Å². The Bertz CT molecular complexity index is 583. The number of rotatable bonds is 3. The molecule has 2 aromatic rings. The van der Waals surface area contributed by atoms with E-state index in [1.165, 1.54) is 6.07 Å². The summed E-state index contributed by atoms with van der Waals surface area (Å²) in [7, 11) is -1.46. The largest absolute Gasteiger partial charge is 0.398 e. The Morgan fingerprint density at radius 2 is 1.89 bits per heavy atom. The highest BCUT2D eigenvalue weighted by molar-refractivity contribution is 7.84. The van der Waals surface area contributed by atoms with Gasteiger partial charge in [0.2, 0.25) is 0 Å². The van der Waals surface area contributed by atoms with Crippen LogP contribution < -0.4 is 5.73 Å². The van der Waals surface area contributed by atoms with Crippen LogP contribution in [-0.2, 0) is 16.6 Å². The molecule has 94 valence electrons. The van der Waals surface area contributed by atoms with E-state index in [2.05, 4.69) is 0 Å². The first-order valence-corrected chi connectivity index (χ1v) is 6.95. The van der Waals surface area contributed by atoms with E-state index in [1.54, 1.807) is 36.4 Å². The average molecular weight is 284 g/mol. The predicted octanol–water partition coefficient (Wildman–Crippen LogP) is 3.37. The Hall–Kier alpha value is -1.39. The maximum atomic E-state index is 13.5. The lowest BCUT2D eigenvalue weighted by Crippen LogP contribution is -2.03. The first-order valence-electron chi connectivity index (χ1n) is 5.25. The van der Waals surface area contributed by atoms with Gasteiger partial charge in [0.1, 0.15) is 5.82 Å². The molecule has 0 aromatic heterocycles. The molecule has 0 aliphatic rings. The highest BCUT2D eigenvalue weighted by Gasteiger charge is 2.14. The second-order valence-corrected chi connectivity index (χ2v) is 5.53. The van der Waals surface area contributed by atoms with E-state index in [0.717, 1.165) is 0 Å². The Kier molecular flexibility index (Phi) is 3.99. The molecule has 2 rings (SSSR count). The zero-order valence-electron chi connectivity index (χ0n) is 9.40. The predicted molar refractivity (Wildman–Crippen MR) is 72.4 cm³/mol. The highest BCUT2D eigenvalue weighted by Crippen LogP contribution is 2.27. The lowest BCUT2D eigenvalue weighted by atomic mass is 10.2. The molecule has 0 saturated heterocycles. The molecule has 1 atom stereocenters. The second-order valence-electron chi connectivity index (χ2n) is 3.74. The van der Waals surface area contributed by atoms with Gasteiger partial charge in [-0.1, -0.05) is 35.9 Å². The third-order valence-corrected chi connectivity index (χ3v) is 4.38. The zero-order chi connectivity index (χ0) is 13.1. The third-order valence-electron chi connectivity index (χ3n) is 2.47. The van der Waals surface area contributed by atoms with Gasteiger partial charge in [-0.25, -0.2) is 4.39 Å². The van der Waals surface area contributed by atoms with Gasteiger partial charge in [0, 0.05) is 11.3 Å². The van der Waals surface area contributed by atoms with Crippen molar-refractivity contribution in [1.29, 1.82) is 0 Å². The van der Waals surface area contributed by atoms with E-state index in [0.29, 0.717) is 21.2 Å². The van der Waals surface area contributed by atoms with Gasteiger partial charge in [-0.2, -0.15) is 0 Å². The molecule has 0 spiro atoms. The number of halogens is 2. The van der Waals surface area contributed by atoms with Crippen molar-refractivity contribution in [2.24, 2.45) is 0 Å². The average Bonchev–Trinajstić information content (AvgIpc) is 2.32. The number of hydrogen-bond donors (Lipinski definition) is 1. The van der Waals surface area contributed by atoms with Gasteiger partial charge in [-0.05, 0) is 18.2 Å². The topological polar surface area (TPSA) is 43.1 Å². The van der Waals surface area contributed by atoms with E-state index in [4.69, 9.17) is 17.3 Å². The van der Waals surface area contributed by atoms with Crippen LogP contribution in [0.5, 0.6) is 0 Å². The van der Waals surface area contributed by atoms with Crippen molar-refractivity contribution in [1.82, 2.24) is 0 Å². The normalized spacial score (nSPS) is 12.3. The molecule has 0 saturated carbocycles. The standard InChI is InChI=1S/C13H11ClFNOS/c14-10-5-3-7-12(16)13(10)18(17)8-9-4-1-2-6-11(9)15/h1-7H,8,16H2. The Morgan fingerprint density at radius 3 is 2.56 bits per heavy atom. The van der Waals surface area contributed by atoms with Gasteiger partial charge >= 0.3 is 0 Å². The molecule has 0 aliphatic heterocycles. The first-order chi connectivity index (χ1) is 8.59. The fourth-order valence-corrected chi connectivity index (χ4v) is 3.31. The van der Waals surface area contributed by atoms with Crippen molar-refractivity contribution in [3.05, 3.63) is 58.9 Å². The van der Waals surface area contributed by atoms with E-state index < -0.39 is 10.8 Å². The van der Waals surface area contributed by atoms with Crippen molar-refractivity contribution in [3.8, 4) is 0 Å². The van der Waals surface area contributed by atoms with Crippen molar-refractivity contribution >= 4 is 28.1 Å². The van der Waals surface area contributed by atoms with Crippen LogP contribution in [0.4, 0.5) is 10.1 Å². The molecule has 5 heteroatoms. The molecule has 2 nitrogen and oxygen atoms in total. The van der Waals surface area contributed by atoms with E-state index >= 15 is 0 Å². The van der Waals surface area contributed by atoms with Crippen LogP contribution in [0.25, 0.3) is 0 Å². The van der Waals surface area contributed by atoms with Crippen molar-refractivity contribution in [3.63, 3.8) is 0 Å². The molecule has 2 N–H and O–H groups in total. The summed E-state index contributed by atoms with van der Waals surface area (Å²) in [5.41, 5.74) is 6.49. The van der Waals surface area contributed by atoms with Crippen molar-refractivity contribution in [2.75, 3.05) is 5.73 Å². The van der Waals surface area contributed by atoms with Gasteiger partial charge < -0.3 is 5.73 Å². The molecule has 18 heavy (non-hydrogen) atoms. The minimum atomic E-state index is -1.46. The molecule has 2 aromatic carbocycles. The molecule has 0 radical (unpaired) electrons. The summed E-state index contributed by atoms with van der Waals surface area (Å²) in [6, 6.07) is 11.1. The van der Waals surface area contributed by atoms with Gasteiger partial charge in [0.15, 0.2) is 0 Å². The molecule has 0 fully saturated rings. The summed E-state index contributed by atoms with van der Waals surface area (Å²) in [5.74, 6) is -0.322. The summed E-state index contributed by atoms with van der Waals surface area (Å²) < 4.78 is 25.7. The molecule has 0 aliphatic carbocycles. The Balaban J connectivity index is 2.31. The summed E-state index contributed by atoms with van der Waals surface area (Å²) in [4.78, 5) is 0.363. The van der Waals surface area contributed by atoms with Crippen molar-refractivity contribution in [2.45, 2.75) is 10.6 Å². The maximum absolute atomic E-state index is 13.5. The van der Waals surface area contributed by atoms with Crippen LogP contribution >= 0.6 is 11.6 Å². The molecular formula is C13H11ClFNOS. The lowest BCUT2D eigenvalue weighted by molar-refractivity contribution is 0.615. The monoisotopic (exact) mass is 283 g/mol. The number of benzene rings is 2. The minimum absolute atomic E-state index is 0.0562. The molecular weight excluding hydrogens is 273 g/mol. The molecule has 0 bridgehead atoms. The third kappa shape index (κ3) is 2.71. The molecule has 0 amide bonds. The number of nitrogen functional groups attached to an aromatic ring is 1. The number of hydrogen-bond acceptors (Lipinski definition) is 2. The summed E-state index contributed by atoms with van der Waals surface area (Å²) in [6.45, 7) is 0. The fourth-order valence-electron chi connectivity index (χ4n) is 1.59. The summed E-state index contributed by atoms with van der Waals surface area (Å²) >= 11 is 5.96. The molecule has 1 unspecified atom stereocenters. The summed E-state index contributed by atoms with van der Waals surface area (Å²) in [5, 5.41) is 0.338. The maximum Gasteiger partial charge on any atom is 0.127 e. The van der Waals surface area contributed by atoms with Gasteiger partial charge in [0.25, 0.3) is 0 Å². The van der Waals surface area contributed by atoms with Crippen molar-refractivity contribution < 1.29 is 8.60 Å². The van der Waals surface area contributed by atoms with E-state index in [1.807, 2.05) is 0 Å². The van der Waals surface area contributed by atoms with Crippen LogP contribution in [0.15, 0.2) is 47.4 Å².